The zero-order chi connectivity index (χ0) is 19.4. The van der Waals surface area contributed by atoms with Crippen molar-refractivity contribution < 1.29 is 13.2 Å². The van der Waals surface area contributed by atoms with Gasteiger partial charge >= 0.3 is 0 Å². The third-order valence-electron chi connectivity index (χ3n) is 5.15. The summed E-state index contributed by atoms with van der Waals surface area (Å²) in [5.74, 6) is -0.276. The van der Waals surface area contributed by atoms with Gasteiger partial charge in [0.25, 0.3) is 5.91 Å². The van der Waals surface area contributed by atoms with E-state index in [0.29, 0.717) is 18.7 Å². The third kappa shape index (κ3) is 4.39. The fraction of sp³-hybridized carbons (Fsp3) is 0.381. The Morgan fingerprint density at radius 1 is 1.15 bits per heavy atom. The average molecular weight is 387 g/mol. The van der Waals surface area contributed by atoms with E-state index in [1.807, 2.05) is 38.1 Å². The van der Waals surface area contributed by atoms with E-state index in [-0.39, 0.29) is 16.8 Å². The largest absolute Gasteiger partial charge is 0.348 e. The van der Waals surface area contributed by atoms with Gasteiger partial charge in [-0.3, -0.25) is 4.79 Å². The van der Waals surface area contributed by atoms with E-state index >= 15 is 0 Å². The Morgan fingerprint density at radius 3 is 2.67 bits per heavy atom. The second-order valence-electron chi connectivity index (χ2n) is 7.10. The number of nitrogens with zero attached hydrogens (tertiary/aromatic N) is 1. The molecule has 1 atom stereocenters. The van der Waals surface area contributed by atoms with Crippen molar-refractivity contribution in [3.05, 3.63) is 65.2 Å². The molecule has 0 unspecified atom stereocenters. The lowest BCUT2D eigenvalue weighted by Crippen LogP contribution is -2.42. The number of hydrogen-bond acceptors (Lipinski definition) is 3. The molecule has 6 heteroatoms. The van der Waals surface area contributed by atoms with Gasteiger partial charge in [0.05, 0.1) is 4.90 Å². The fourth-order valence-electron chi connectivity index (χ4n) is 3.45. The summed E-state index contributed by atoms with van der Waals surface area (Å²) in [4.78, 5) is 12.7. The molecule has 0 saturated carbocycles. The van der Waals surface area contributed by atoms with Crippen molar-refractivity contribution in [2.45, 2.75) is 50.6 Å². The fourth-order valence-corrected chi connectivity index (χ4v) is 5.19. The predicted octanol–water partition coefficient (Wildman–Crippen LogP) is 3.49. The lowest BCUT2D eigenvalue weighted by molar-refractivity contribution is 0.0950. The summed E-state index contributed by atoms with van der Waals surface area (Å²) in [6.07, 6.45) is 2.80. The van der Waals surface area contributed by atoms with Crippen molar-refractivity contribution in [1.82, 2.24) is 9.62 Å². The number of amides is 1. The van der Waals surface area contributed by atoms with E-state index in [0.717, 1.165) is 30.4 Å². The molecule has 0 radical (unpaired) electrons. The highest BCUT2D eigenvalue weighted by molar-refractivity contribution is 7.89. The van der Waals surface area contributed by atoms with Crippen LogP contribution in [0.5, 0.6) is 0 Å². The van der Waals surface area contributed by atoms with Gasteiger partial charge in [0.1, 0.15) is 0 Å². The van der Waals surface area contributed by atoms with Crippen molar-refractivity contribution in [3.8, 4) is 0 Å². The van der Waals surface area contributed by atoms with E-state index in [1.165, 1.54) is 6.07 Å². The van der Waals surface area contributed by atoms with Crippen LogP contribution >= 0.6 is 0 Å². The standard InChI is InChI=1S/C21H26N2O3S/c1-16-8-3-4-10-19(16)15-22-21(24)18-11-7-12-20(14-18)27(25,26)23-13-6-5-9-17(23)2/h3-4,7-8,10-12,14,17H,5-6,9,13,15H2,1-2H3,(H,22,24)/t17-/m0/s1. The number of piperidine rings is 1. The van der Waals surface area contributed by atoms with Gasteiger partial charge < -0.3 is 5.32 Å². The molecular weight excluding hydrogens is 360 g/mol. The van der Waals surface area contributed by atoms with Crippen molar-refractivity contribution >= 4 is 15.9 Å². The van der Waals surface area contributed by atoms with Crippen LogP contribution in [0.15, 0.2) is 53.4 Å². The molecule has 0 aromatic heterocycles. The quantitative estimate of drug-likeness (QED) is 0.855. The van der Waals surface area contributed by atoms with Crippen LogP contribution in [0, 0.1) is 6.92 Å². The number of benzene rings is 2. The monoisotopic (exact) mass is 386 g/mol. The van der Waals surface area contributed by atoms with E-state index in [4.69, 9.17) is 0 Å². The minimum Gasteiger partial charge on any atom is -0.348 e. The van der Waals surface area contributed by atoms with E-state index < -0.39 is 10.0 Å². The molecule has 2 aromatic carbocycles. The van der Waals surface area contributed by atoms with Gasteiger partial charge in [0.15, 0.2) is 0 Å². The summed E-state index contributed by atoms with van der Waals surface area (Å²) in [5, 5.41) is 2.88. The van der Waals surface area contributed by atoms with E-state index in [1.54, 1.807) is 22.5 Å². The third-order valence-corrected chi connectivity index (χ3v) is 7.16. The van der Waals surface area contributed by atoms with Crippen molar-refractivity contribution in [2.24, 2.45) is 0 Å². The molecule has 1 N–H and O–H groups in total. The average Bonchev–Trinajstić information content (AvgIpc) is 2.67. The first-order valence-electron chi connectivity index (χ1n) is 9.34. The highest BCUT2D eigenvalue weighted by Crippen LogP contribution is 2.25. The number of rotatable bonds is 5. The molecule has 1 saturated heterocycles. The lowest BCUT2D eigenvalue weighted by atomic mass is 10.1. The molecule has 0 bridgehead atoms. The molecular formula is C21H26N2O3S. The molecule has 3 rings (SSSR count). The number of aryl methyl sites for hydroxylation is 1. The minimum absolute atomic E-state index is 0.0118. The SMILES string of the molecule is Cc1ccccc1CNC(=O)c1cccc(S(=O)(=O)N2CCCC[C@@H]2C)c1. The Hall–Kier alpha value is -2.18. The molecule has 0 aliphatic carbocycles. The second kappa shape index (κ2) is 8.23. The zero-order valence-corrected chi connectivity index (χ0v) is 16.6. The predicted molar refractivity (Wildman–Crippen MR) is 106 cm³/mol. The minimum atomic E-state index is -3.59. The van der Waals surface area contributed by atoms with Crippen LogP contribution in [-0.2, 0) is 16.6 Å². The van der Waals surface area contributed by atoms with Crippen LogP contribution in [0.4, 0.5) is 0 Å². The Balaban J connectivity index is 1.76. The summed E-state index contributed by atoms with van der Waals surface area (Å²) < 4.78 is 27.5. The maximum absolute atomic E-state index is 13.0. The number of carbonyl (C=O) groups excluding carboxylic acids is 1. The van der Waals surface area contributed by atoms with Gasteiger partial charge in [-0.2, -0.15) is 4.31 Å². The molecule has 1 amide bonds. The summed E-state index contributed by atoms with van der Waals surface area (Å²) in [5.41, 5.74) is 2.50. The molecule has 27 heavy (non-hydrogen) atoms. The Morgan fingerprint density at radius 2 is 1.93 bits per heavy atom. The van der Waals surface area contributed by atoms with E-state index in [9.17, 15) is 13.2 Å². The summed E-state index contributed by atoms with van der Waals surface area (Å²) in [7, 11) is -3.59. The second-order valence-corrected chi connectivity index (χ2v) is 8.99. The maximum atomic E-state index is 13.0. The van der Waals surface area contributed by atoms with E-state index in [2.05, 4.69) is 5.32 Å². The molecule has 1 heterocycles. The van der Waals surface area contributed by atoms with Crippen LogP contribution < -0.4 is 5.32 Å². The van der Waals surface area contributed by atoms with Gasteiger partial charge in [0, 0.05) is 24.7 Å². The normalized spacial score (nSPS) is 18.2. The first-order chi connectivity index (χ1) is 12.9. The topological polar surface area (TPSA) is 66.5 Å². The Labute approximate surface area is 161 Å². The molecule has 5 nitrogen and oxygen atoms in total. The summed E-state index contributed by atoms with van der Waals surface area (Å²) in [6.45, 7) is 4.88. The van der Waals surface area contributed by atoms with Gasteiger partial charge in [0.2, 0.25) is 10.0 Å². The molecule has 1 aliphatic rings. The Bertz CT molecular complexity index is 925. The first-order valence-corrected chi connectivity index (χ1v) is 10.8. The highest BCUT2D eigenvalue weighted by atomic mass is 32.2. The van der Waals surface area contributed by atoms with Gasteiger partial charge in [-0.15, -0.1) is 0 Å². The van der Waals surface area contributed by atoms with Crippen LogP contribution in [0.3, 0.4) is 0 Å². The molecule has 144 valence electrons. The maximum Gasteiger partial charge on any atom is 0.251 e. The van der Waals surface area contributed by atoms with Crippen molar-refractivity contribution in [3.63, 3.8) is 0 Å². The van der Waals surface area contributed by atoms with Gasteiger partial charge in [-0.05, 0) is 56.0 Å². The number of sulfonamides is 1. The first kappa shape index (κ1) is 19.6. The zero-order valence-electron chi connectivity index (χ0n) is 15.8. The summed E-state index contributed by atoms with van der Waals surface area (Å²) in [6, 6.07) is 14.2. The number of hydrogen-bond donors (Lipinski definition) is 1. The van der Waals surface area contributed by atoms with Crippen molar-refractivity contribution in [1.29, 1.82) is 0 Å². The van der Waals surface area contributed by atoms with Gasteiger partial charge in [-0.1, -0.05) is 36.8 Å². The molecule has 2 aromatic rings. The smallest absolute Gasteiger partial charge is 0.251 e. The van der Waals surface area contributed by atoms with Crippen LogP contribution in [0.1, 0.15) is 47.7 Å². The number of carbonyl (C=O) groups is 1. The number of nitrogens with one attached hydrogen (secondary N) is 1. The Kier molecular flexibility index (Phi) is 5.97. The van der Waals surface area contributed by atoms with Gasteiger partial charge in [-0.25, -0.2) is 8.42 Å². The van der Waals surface area contributed by atoms with Crippen molar-refractivity contribution in [2.75, 3.05) is 6.54 Å². The highest BCUT2D eigenvalue weighted by Gasteiger charge is 2.31. The molecule has 1 aliphatic heterocycles. The lowest BCUT2D eigenvalue weighted by Gasteiger charge is -2.32. The molecule has 0 spiro atoms. The van der Waals surface area contributed by atoms with Crippen LogP contribution in [0.25, 0.3) is 0 Å². The molecule has 1 fully saturated rings. The van der Waals surface area contributed by atoms with Crippen LogP contribution in [0.2, 0.25) is 0 Å². The van der Waals surface area contributed by atoms with Crippen LogP contribution in [-0.4, -0.2) is 31.2 Å². The summed E-state index contributed by atoms with van der Waals surface area (Å²) >= 11 is 0.